The maximum absolute atomic E-state index is 9.89. The molecule has 3 aromatic heterocycles. The van der Waals surface area contributed by atoms with Crippen LogP contribution in [0.15, 0.2) is 72.0 Å². The van der Waals surface area contributed by atoms with Crippen LogP contribution in [0.3, 0.4) is 0 Å². The van der Waals surface area contributed by atoms with Gasteiger partial charge in [0.25, 0.3) is 0 Å². The van der Waals surface area contributed by atoms with E-state index in [1.807, 2.05) is 61.5 Å². The molecular formula is C23H20N6OS. The Morgan fingerprint density at radius 3 is 2.71 bits per heavy atom. The van der Waals surface area contributed by atoms with Crippen LogP contribution < -0.4 is 10.1 Å². The van der Waals surface area contributed by atoms with Crippen LogP contribution in [0, 0.1) is 18.3 Å². The fraction of sp³-hybridized carbons (Fsp3) is 0.130. The molecule has 0 saturated carbocycles. The molecule has 0 atom stereocenters. The predicted molar refractivity (Wildman–Crippen MR) is 121 cm³/mol. The maximum Gasteiger partial charge on any atom is 0.153 e. The van der Waals surface area contributed by atoms with Crippen LogP contribution in [0.1, 0.15) is 11.3 Å². The van der Waals surface area contributed by atoms with Crippen LogP contribution >= 0.6 is 11.8 Å². The van der Waals surface area contributed by atoms with Gasteiger partial charge in [-0.15, -0.1) is 11.8 Å². The van der Waals surface area contributed by atoms with Crippen LogP contribution in [0.4, 0.5) is 11.6 Å². The second-order valence-corrected chi connectivity index (χ2v) is 7.74. The number of aromatic amines is 1. The van der Waals surface area contributed by atoms with Crippen LogP contribution in [0.5, 0.6) is 5.75 Å². The van der Waals surface area contributed by atoms with Crippen LogP contribution in [0.25, 0.3) is 11.1 Å². The number of anilines is 2. The maximum atomic E-state index is 9.89. The lowest BCUT2D eigenvalue weighted by molar-refractivity contribution is 0.344. The summed E-state index contributed by atoms with van der Waals surface area (Å²) in [6, 6.07) is 19.5. The van der Waals surface area contributed by atoms with E-state index in [0.29, 0.717) is 34.6 Å². The van der Waals surface area contributed by atoms with Gasteiger partial charge >= 0.3 is 0 Å². The molecule has 0 fully saturated rings. The second kappa shape index (κ2) is 9.78. The molecule has 4 rings (SSSR count). The van der Waals surface area contributed by atoms with Gasteiger partial charge in [0.2, 0.25) is 0 Å². The van der Waals surface area contributed by atoms with Gasteiger partial charge in [-0.1, -0.05) is 24.3 Å². The van der Waals surface area contributed by atoms with Gasteiger partial charge in [0.1, 0.15) is 22.7 Å². The molecule has 4 aromatic rings. The third-order valence-electron chi connectivity index (χ3n) is 4.37. The average Bonchev–Trinajstić information content (AvgIpc) is 3.22. The van der Waals surface area contributed by atoms with Crippen molar-refractivity contribution in [1.29, 1.82) is 5.26 Å². The van der Waals surface area contributed by atoms with Crippen molar-refractivity contribution in [2.24, 2.45) is 0 Å². The van der Waals surface area contributed by atoms with E-state index in [9.17, 15) is 5.26 Å². The van der Waals surface area contributed by atoms with Crippen molar-refractivity contribution < 1.29 is 4.74 Å². The first kappa shape index (κ1) is 20.4. The number of hydrogen-bond acceptors (Lipinski definition) is 7. The minimum absolute atomic E-state index is 0.500. The molecule has 3 heterocycles. The number of aromatic nitrogens is 4. The van der Waals surface area contributed by atoms with Gasteiger partial charge in [-0.2, -0.15) is 10.4 Å². The van der Waals surface area contributed by atoms with Crippen molar-refractivity contribution in [3.05, 3.63) is 78.2 Å². The molecule has 31 heavy (non-hydrogen) atoms. The zero-order valence-corrected chi connectivity index (χ0v) is 17.7. The highest BCUT2D eigenvalue weighted by Gasteiger charge is 2.16. The minimum Gasteiger partial charge on any atom is -0.493 e. The SMILES string of the molecule is Cc1cc(Nc2cc(-c3cccnc3)c(C#N)c(SCCOc3ccccc3)n2)n[nH]1. The van der Waals surface area contributed by atoms with Crippen LogP contribution in [0.2, 0.25) is 0 Å². The first-order valence-electron chi connectivity index (χ1n) is 9.68. The van der Waals surface area contributed by atoms with Gasteiger partial charge in [-0.25, -0.2) is 4.98 Å². The standard InChI is InChI=1S/C23H20N6OS/c1-16-12-22(29-28-16)26-21-13-19(17-6-5-9-25-15-17)20(14-24)23(27-21)31-11-10-30-18-7-3-2-4-8-18/h2-9,12-13,15H,10-11H2,1H3,(H2,26,27,28,29). The molecule has 154 valence electrons. The molecule has 0 amide bonds. The number of nitrogens with zero attached hydrogens (tertiary/aromatic N) is 4. The fourth-order valence-electron chi connectivity index (χ4n) is 2.98. The lowest BCUT2D eigenvalue weighted by Gasteiger charge is -2.13. The number of nitrogens with one attached hydrogen (secondary N) is 2. The highest BCUT2D eigenvalue weighted by atomic mass is 32.2. The van der Waals surface area contributed by atoms with Gasteiger partial charge in [-0.05, 0) is 31.2 Å². The van der Waals surface area contributed by atoms with E-state index >= 15 is 0 Å². The quantitative estimate of drug-likeness (QED) is 0.302. The molecule has 0 aliphatic carbocycles. The number of benzene rings is 1. The van der Waals surface area contributed by atoms with Crippen molar-refractivity contribution in [2.45, 2.75) is 11.9 Å². The minimum atomic E-state index is 0.500. The summed E-state index contributed by atoms with van der Waals surface area (Å²) in [5.41, 5.74) is 3.08. The molecule has 0 bridgehead atoms. The highest BCUT2D eigenvalue weighted by Crippen LogP contribution is 2.33. The van der Waals surface area contributed by atoms with Crippen molar-refractivity contribution in [3.63, 3.8) is 0 Å². The van der Waals surface area contributed by atoms with E-state index in [-0.39, 0.29) is 0 Å². The molecular weight excluding hydrogens is 408 g/mol. The summed E-state index contributed by atoms with van der Waals surface area (Å²) in [6.45, 7) is 2.43. The number of rotatable bonds is 8. The van der Waals surface area contributed by atoms with Gasteiger partial charge in [0, 0.05) is 41.0 Å². The van der Waals surface area contributed by atoms with Crippen molar-refractivity contribution in [2.75, 3.05) is 17.7 Å². The second-order valence-electron chi connectivity index (χ2n) is 6.66. The summed E-state index contributed by atoms with van der Waals surface area (Å²) in [7, 11) is 0. The fourth-order valence-corrected chi connectivity index (χ4v) is 3.80. The Bertz CT molecular complexity index is 1190. The lowest BCUT2D eigenvalue weighted by atomic mass is 10.0. The third-order valence-corrected chi connectivity index (χ3v) is 5.31. The molecule has 7 nitrogen and oxygen atoms in total. The lowest BCUT2D eigenvalue weighted by Crippen LogP contribution is -2.03. The largest absolute Gasteiger partial charge is 0.493 e. The van der Waals surface area contributed by atoms with Gasteiger partial charge in [-0.3, -0.25) is 10.1 Å². The van der Waals surface area contributed by atoms with E-state index in [1.165, 1.54) is 11.8 Å². The summed E-state index contributed by atoms with van der Waals surface area (Å²) in [5, 5.41) is 20.9. The van der Waals surface area contributed by atoms with Gasteiger partial charge in [0.05, 0.1) is 12.2 Å². The van der Waals surface area contributed by atoms with E-state index in [1.54, 1.807) is 12.4 Å². The Morgan fingerprint density at radius 2 is 2.00 bits per heavy atom. The number of H-pyrrole nitrogens is 1. The molecule has 0 radical (unpaired) electrons. The predicted octanol–water partition coefficient (Wildman–Crippen LogP) is 4.96. The summed E-state index contributed by atoms with van der Waals surface area (Å²) in [6.07, 6.45) is 3.45. The third kappa shape index (κ3) is 5.21. The Hall–Kier alpha value is -3.83. The van der Waals surface area contributed by atoms with Crippen molar-refractivity contribution in [1.82, 2.24) is 20.2 Å². The Kier molecular flexibility index (Phi) is 6.45. The zero-order valence-electron chi connectivity index (χ0n) is 16.9. The summed E-state index contributed by atoms with van der Waals surface area (Å²) < 4.78 is 5.77. The average molecular weight is 429 g/mol. The number of nitriles is 1. The monoisotopic (exact) mass is 428 g/mol. The van der Waals surface area contributed by atoms with Crippen LogP contribution in [-0.2, 0) is 0 Å². The molecule has 2 N–H and O–H groups in total. The van der Waals surface area contributed by atoms with Gasteiger partial charge in [0.15, 0.2) is 5.82 Å². The molecule has 8 heteroatoms. The Morgan fingerprint density at radius 1 is 1.13 bits per heavy atom. The summed E-state index contributed by atoms with van der Waals surface area (Å²) in [4.78, 5) is 8.88. The Labute approximate surface area is 184 Å². The smallest absolute Gasteiger partial charge is 0.153 e. The molecule has 0 spiro atoms. The number of aryl methyl sites for hydroxylation is 1. The summed E-state index contributed by atoms with van der Waals surface area (Å²) in [5.74, 6) is 2.73. The number of pyridine rings is 2. The number of ether oxygens (including phenoxy) is 1. The van der Waals surface area contributed by atoms with Crippen molar-refractivity contribution >= 4 is 23.4 Å². The topological polar surface area (TPSA) is 99.5 Å². The van der Waals surface area contributed by atoms with Crippen LogP contribution in [-0.4, -0.2) is 32.5 Å². The summed E-state index contributed by atoms with van der Waals surface area (Å²) >= 11 is 1.48. The van der Waals surface area contributed by atoms with E-state index in [2.05, 4.69) is 31.6 Å². The van der Waals surface area contributed by atoms with E-state index < -0.39 is 0 Å². The molecule has 0 saturated heterocycles. The first-order valence-corrected chi connectivity index (χ1v) is 10.7. The van der Waals surface area contributed by atoms with Gasteiger partial charge < -0.3 is 10.1 Å². The Balaban J connectivity index is 1.60. The molecule has 0 unspecified atom stereocenters. The zero-order chi connectivity index (χ0) is 21.5. The van der Waals surface area contributed by atoms with E-state index in [4.69, 9.17) is 4.74 Å². The number of para-hydroxylation sites is 1. The van der Waals surface area contributed by atoms with E-state index in [0.717, 1.165) is 22.6 Å². The highest BCUT2D eigenvalue weighted by molar-refractivity contribution is 7.99. The molecule has 0 aliphatic rings. The molecule has 1 aromatic carbocycles. The molecule has 0 aliphatic heterocycles. The number of thioether (sulfide) groups is 1. The number of hydrogen-bond donors (Lipinski definition) is 2. The first-order chi connectivity index (χ1) is 15.2. The van der Waals surface area contributed by atoms with Crippen molar-refractivity contribution in [3.8, 4) is 22.9 Å². The normalized spacial score (nSPS) is 10.5.